The highest BCUT2D eigenvalue weighted by molar-refractivity contribution is 9.10. The SMILES string of the molecule is [2H]C([2H])([2H])n1nc(Br)c(CN(C)C(=O)OC(C)(C)C)n1. The lowest BCUT2D eigenvalue weighted by Crippen LogP contribution is -2.34. The molecule has 1 heterocycles. The van der Waals surface area contributed by atoms with Crippen molar-refractivity contribution >= 4 is 22.0 Å². The molecule has 0 saturated heterocycles. The average Bonchev–Trinajstić information content (AvgIpc) is 2.57. The molecule has 7 heteroatoms. The van der Waals surface area contributed by atoms with Crippen molar-refractivity contribution in [3.8, 4) is 0 Å². The minimum absolute atomic E-state index is 0.0889. The zero-order chi connectivity index (χ0) is 15.7. The van der Waals surface area contributed by atoms with Crippen molar-refractivity contribution in [1.29, 1.82) is 0 Å². The molecule has 0 spiro atoms. The average molecular weight is 308 g/mol. The second-order valence-electron chi connectivity index (χ2n) is 4.56. The van der Waals surface area contributed by atoms with Crippen molar-refractivity contribution in [1.82, 2.24) is 19.9 Å². The van der Waals surface area contributed by atoms with Crippen LogP contribution < -0.4 is 0 Å². The molecule has 1 rings (SSSR count). The topological polar surface area (TPSA) is 60.2 Å². The molecule has 17 heavy (non-hydrogen) atoms. The number of carbonyl (C=O) groups is 1. The van der Waals surface area contributed by atoms with Gasteiger partial charge in [-0.3, -0.25) is 0 Å². The summed E-state index contributed by atoms with van der Waals surface area (Å²) < 4.78 is 27.1. The van der Waals surface area contributed by atoms with Crippen LogP contribution in [0, 0.1) is 0 Å². The number of nitrogens with zero attached hydrogens (tertiary/aromatic N) is 4. The van der Waals surface area contributed by atoms with E-state index >= 15 is 0 Å². The molecule has 0 aliphatic carbocycles. The van der Waals surface area contributed by atoms with Gasteiger partial charge in [-0.15, -0.1) is 5.10 Å². The van der Waals surface area contributed by atoms with Crippen LogP contribution in [0.3, 0.4) is 0 Å². The first-order valence-corrected chi connectivity index (χ1v) is 5.76. The van der Waals surface area contributed by atoms with Crippen LogP contribution in [0.25, 0.3) is 0 Å². The van der Waals surface area contributed by atoms with E-state index in [9.17, 15) is 4.79 Å². The van der Waals surface area contributed by atoms with Crippen LogP contribution in [-0.2, 0) is 18.3 Å². The smallest absolute Gasteiger partial charge is 0.410 e. The molecule has 0 fully saturated rings. The summed E-state index contributed by atoms with van der Waals surface area (Å²) >= 11 is 3.13. The van der Waals surface area contributed by atoms with E-state index in [1.165, 1.54) is 11.9 Å². The molecule has 0 aliphatic heterocycles. The fraction of sp³-hybridized carbons (Fsp3) is 0.700. The van der Waals surface area contributed by atoms with Gasteiger partial charge in [-0.25, -0.2) is 4.79 Å². The molecular formula is C10H17BrN4O2. The van der Waals surface area contributed by atoms with Crippen molar-refractivity contribution in [2.75, 3.05) is 7.05 Å². The van der Waals surface area contributed by atoms with Gasteiger partial charge in [0.1, 0.15) is 11.3 Å². The number of ether oxygens (including phenoxy) is 1. The minimum atomic E-state index is -2.45. The third-order valence-electron chi connectivity index (χ3n) is 1.73. The summed E-state index contributed by atoms with van der Waals surface area (Å²) in [5, 5.41) is 7.60. The summed E-state index contributed by atoms with van der Waals surface area (Å²) in [6.45, 7) is 2.93. The lowest BCUT2D eigenvalue weighted by atomic mass is 10.2. The summed E-state index contributed by atoms with van der Waals surface area (Å²) in [4.78, 5) is 13.7. The number of carbonyl (C=O) groups excluding carboxylic acids is 1. The third-order valence-corrected chi connectivity index (χ3v) is 2.34. The summed E-state index contributed by atoms with van der Waals surface area (Å²) in [7, 11) is 1.54. The molecule has 0 N–H and O–H groups in total. The number of hydrogen-bond acceptors (Lipinski definition) is 4. The number of aromatic nitrogens is 3. The van der Waals surface area contributed by atoms with E-state index in [1.807, 2.05) is 0 Å². The van der Waals surface area contributed by atoms with Gasteiger partial charge in [-0.05, 0) is 36.7 Å². The Hall–Kier alpha value is -1.11. The first kappa shape index (κ1) is 9.87. The zero-order valence-corrected chi connectivity index (χ0v) is 11.8. The maximum atomic E-state index is 11.8. The number of rotatable bonds is 2. The molecule has 0 bridgehead atoms. The predicted octanol–water partition coefficient (Wildman–Crippen LogP) is 1.94. The number of halogens is 1. The first-order chi connectivity index (χ1) is 8.90. The van der Waals surface area contributed by atoms with Crippen LogP contribution in [0.1, 0.15) is 30.6 Å². The van der Waals surface area contributed by atoms with Gasteiger partial charge in [0.15, 0.2) is 4.60 Å². The second kappa shape index (κ2) is 5.03. The molecule has 96 valence electrons. The van der Waals surface area contributed by atoms with E-state index in [1.54, 1.807) is 20.8 Å². The highest BCUT2D eigenvalue weighted by atomic mass is 79.9. The molecule has 0 aliphatic rings. The van der Waals surface area contributed by atoms with E-state index in [4.69, 9.17) is 8.85 Å². The molecule has 1 amide bonds. The summed E-state index contributed by atoms with van der Waals surface area (Å²) in [6.07, 6.45) is -0.521. The monoisotopic (exact) mass is 307 g/mol. The Balaban J connectivity index is 2.79. The fourth-order valence-corrected chi connectivity index (χ4v) is 1.40. The molecule has 0 radical (unpaired) electrons. The zero-order valence-electron chi connectivity index (χ0n) is 13.2. The van der Waals surface area contributed by atoms with Crippen LogP contribution in [0.15, 0.2) is 4.60 Å². The largest absolute Gasteiger partial charge is 0.444 e. The molecular weight excluding hydrogens is 288 g/mol. The van der Waals surface area contributed by atoms with Crippen molar-refractivity contribution in [3.63, 3.8) is 0 Å². The standard InChI is InChI=1S/C10H17BrN4O2/c1-10(2,3)17-9(16)14(4)6-7-8(11)13-15(5)12-7/h6H2,1-5H3/i5D3. The maximum Gasteiger partial charge on any atom is 0.410 e. The summed E-state index contributed by atoms with van der Waals surface area (Å²) in [5.41, 5.74) is -0.256. The number of hydrogen-bond donors (Lipinski definition) is 0. The number of amides is 1. The molecule has 6 nitrogen and oxygen atoms in total. The second-order valence-corrected chi connectivity index (χ2v) is 5.31. The van der Waals surface area contributed by atoms with E-state index in [-0.39, 0.29) is 11.1 Å². The van der Waals surface area contributed by atoms with Crippen molar-refractivity contribution < 1.29 is 13.6 Å². The number of aryl methyl sites for hydroxylation is 1. The first-order valence-electron chi connectivity index (χ1n) is 6.46. The van der Waals surface area contributed by atoms with Gasteiger partial charge in [0.25, 0.3) is 0 Å². The Labute approximate surface area is 113 Å². The highest BCUT2D eigenvalue weighted by Gasteiger charge is 2.21. The van der Waals surface area contributed by atoms with Gasteiger partial charge in [0, 0.05) is 18.1 Å². The third kappa shape index (κ3) is 4.33. The Kier molecular flexibility index (Phi) is 2.92. The van der Waals surface area contributed by atoms with Gasteiger partial charge in [0.2, 0.25) is 0 Å². The fourth-order valence-electron chi connectivity index (χ4n) is 1.04. The van der Waals surface area contributed by atoms with E-state index in [0.29, 0.717) is 10.5 Å². The minimum Gasteiger partial charge on any atom is -0.444 e. The maximum absolute atomic E-state index is 11.8. The molecule has 0 aromatic carbocycles. The Morgan fingerprint density at radius 2 is 2.24 bits per heavy atom. The molecule has 1 aromatic heterocycles. The molecule has 1 aromatic rings. The summed E-state index contributed by atoms with van der Waals surface area (Å²) in [5.74, 6) is 0. The summed E-state index contributed by atoms with van der Waals surface area (Å²) in [6, 6.07) is 0. The Morgan fingerprint density at radius 3 is 2.71 bits per heavy atom. The van der Waals surface area contributed by atoms with Crippen LogP contribution in [0.4, 0.5) is 4.79 Å². The van der Waals surface area contributed by atoms with Gasteiger partial charge in [-0.1, -0.05) is 0 Å². The normalized spacial score (nSPS) is 14.8. The van der Waals surface area contributed by atoms with Crippen molar-refractivity contribution in [2.24, 2.45) is 6.98 Å². The van der Waals surface area contributed by atoms with E-state index in [0.717, 1.165) is 0 Å². The highest BCUT2D eigenvalue weighted by Crippen LogP contribution is 2.14. The van der Waals surface area contributed by atoms with Crippen molar-refractivity contribution in [2.45, 2.75) is 32.9 Å². The van der Waals surface area contributed by atoms with Gasteiger partial charge >= 0.3 is 6.09 Å². The quantitative estimate of drug-likeness (QED) is 0.838. The van der Waals surface area contributed by atoms with Crippen LogP contribution in [0.5, 0.6) is 0 Å². The van der Waals surface area contributed by atoms with Gasteiger partial charge in [-0.2, -0.15) is 9.90 Å². The van der Waals surface area contributed by atoms with Crippen LogP contribution in [0.2, 0.25) is 0 Å². The lowest BCUT2D eigenvalue weighted by molar-refractivity contribution is 0.0282. The molecule has 0 unspecified atom stereocenters. The lowest BCUT2D eigenvalue weighted by Gasteiger charge is -2.24. The van der Waals surface area contributed by atoms with Gasteiger partial charge in [0.05, 0.1) is 6.54 Å². The Bertz CT molecular complexity index is 496. The van der Waals surface area contributed by atoms with Crippen LogP contribution >= 0.6 is 15.9 Å². The molecule has 0 saturated carbocycles. The van der Waals surface area contributed by atoms with Crippen molar-refractivity contribution in [3.05, 3.63) is 10.3 Å². The Morgan fingerprint density at radius 1 is 1.59 bits per heavy atom. The van der Waals surface area contributed by atoms with E-state index < -0.39 is 18.7 Å². The van der Waals surface area contributed by atoms with E-state index in [2.05, 4.69) is 26.1 Å². The van der Waals surface area contributed by atoms with Crippen LogP contribution in [-0.4, -0.2) is 38.6 Å². The van der Waals surface area contributed by atoms with Gasteiger partial charge < -0.3 is 9.64 Å². The predicted molar refractivity (Wildman–Crippen MR) is 66.4 cm³/mol. The molecule has 0 atom stereocenters.